The second kappa shape index (κ2) is 7.37. The normalized spacial score (nSPS) is 13.0. The van der Waals surface area contributed by atoms with E-state index in [4.69, 9.17) is 17.7 Å². The fourth-order valence-electron chi connectivity index (χ4n) is 1.30. The fourth-order valence-corrected chi connectivity index (χ4v) is 3.89. The SMILES string of the molecule is CCC(=O)O[Si](OC(=O)CC)(OC(C)(C)C)OC(C)(C)C. The summed E-state index contributed by atoms with van der Waals surface area (Å²) in [7, 11) is -3.93. The lowest BCUT2D eigenvalue weighted by Gasteiger charge is -2.36. The lowest BCUT2D eigenvalue weighted by Crippen LogP contribution is -2.58. The average molecular weight is 320 g/mol. The standard InChI is InChI=1S/C14H28O6Si/c1-9-11(15)17-21(18-12(16)10-2,19-13(3,4)5)20-14(6,7)8/h9-10H2,1-8H3. The summed E-state index contributed by atoms with van der Waals surface area (Å²) in [6.45, 7) is 14.0. The van der Waals surface area contributed by atoms with Crippen LogP contribution in [0, 0.1) is 0 Å². The van der Waals surface area contributed by atoms with Gasteiger partial charge in [-0.2, -0.15) is 0 Å². The molecule has 0 bridgehead atoms. The summed E-state index contributed by atoms with van der Waals surface area (Å²) in [5.41, 5.74) is -1.39. The molecule has 0 radical (unpaired) electrons. The highest BCUT2D eigenvalue weighted by Gasteiger charge is 2.58. The summed E-state index contributed by atoms with van der Waals surface area (Å²) in [6.07, 6.45) is 0.277. The highest BCUT2D eigenvalue weighted by atomic mass is 28.4. The zero-order chi connectivity index (χ0) is 16.9. The lowest BCUT2D eigenvalue weighted by atomic mass is 10.2. The molecule has 0 aliphatic rings. The first-order chi connectivity index (χ1) is 9.32. The minimum atomic E-state index is -3.93. The summed E-state index contributed by atoms with van der Waals surface area (Å²) >= 11 is 0. The number of carbonyl (C=O) groups excluding carboxylic acids is 2. The van der Waals surface area contributed by atoms with Crippen LogP contribution in [0.25, 0.3) is 0 Å². The van der Waals surface area contributed by atoms with Crippen LogP contribution >= 0.6 is 0 Å². The van der Waals surface area contributed by atoms with Crippen molar-refractivity contribution in [2.24, 2.45) is 0 Å². The molecule has 0 aliphatic heterocycles. The Morgan fingerprint density at radius 2 is 1.05 bits per heavy atom. The van der Waals surface area contributed by atoms with Crippen molar-refractivity contribution in [1.29, 1.82) is 0 Å². The van der Waals surface area contributed by atoms with Gasteiger partial charge in [0.2, 0.25) is 0 Å². The molecule has 7 heteroatoms. The van der Waals surface area contributed by atoms with E-state index in [2.05, 4.69) is 0 Å². The van der Waals surface area contributed by atoms with Gasteiger partial charge in [-0.25, -0.2) is 0 Å². The molecule has 0 amide bonds. The molecule has 0 saturated heterocycles. The molecule has 0 spiro atoms. The summed E-state index contributed by atoms with van der Waals surface area (Å²) in [5.74, 6) is -1.06. The molecule has 21 heavy (non-hydrogen) atoms. The maximum Gasteiger partial charge on any atom is 0.825 e. The van der Waals surface area contributed by atoms with Crippen molar-refractivity contribution < 1.29 is 27.3 Å². The third kappa shape index (κ3) is 8.85. The molecule has 0 aromatic rings. The van der Waals surface area contributed by atoms with E-state index in [0.29, 0.717) is 0 Å². The van der Waals surface area contributed by atoms with E-state index in [1.165, 1.54) is 0 Å². The van der Waals surface area contributed by atoms with Gasteiger partial charge in [-0.15, -0.1) is 0 Å². The van der Waals surface area contributed by atoms with Crippen LogP contribution in [0.3, 0.4) is 0 Å². The first kappa shape index (κ1) is 20.1. The Kier molecular flexibility index (Phi) is 7.05. The van der Waals surface area contributed by atoms with Crippen molar-refractivity contribution in [3.63, 3.8) is 0 Å². The monoisotopic (exact) mass is 320 g/mol. The Morgan fingerprint density at radius 1 is 0.762 bits per heavy atom. The molecule has 0 aromatic heterocycles. The molecule has 0 atom stereocenters. The Labute approximate surface area is 128 Å². The fraction of sp³-hybridized carbons (Fsp3) is 0.857. The molecule has 0 aromatic carbocycles. The van der Waals surface area contributed by atoms with E-state index < -0.39 is 32.2 Å². The number of hydrogen-bond acceptors (Lipinski definition) is 6. The molecule has 0 aliphatic carbocycles. The third-order valence-corrected chi connectivity index (χ3v) is 4.60. The quantitative estimate of drug-likeness (QED) is 0.701. The van der Waals surface area contributed by atoms with Crippen molar-refractivity contribution >= 4 is 21.0 Å². The highest BCUT2D eigenvalue weighted by Crippen LogP contribution is 2.26. The van der Waals surface area contributed by atoms with Gasteiger partial charge in [0, 0.05) is 12.8 Å². The van der Waals surface area contributed by atoms with Crippen LogP contribution in [0.4, 0.5) is 0 Å². The highest BCUT2D eigenvalue weighted by molar-refractivity contribution is 6.57. The summed E-state index contributed by atoms with van der Waals surface area (Å²) in [6, 6.07) is 0. The lowest BCUT2D eigenvalue weighted by molar-refractivity contribution is -0.162. The van der Waals surface area contributed by atoms with E-state index in [-0.39, 0.29) is 12.8 Å². The zero-order valence-corrected chi connectivity index (χ0v) is 15.4. The Bertz CT molecular complexity index is 331. The summed E-state index contributed by atoms with van der Waals surface area (Å²) in [5, 5.41) is 0. The summed E-state index contributed by atoms with van der Waals surface area (Å²) in [4.78, 5) is 23.5. The van der Waals surface area contributed by atoms with E-state index >= 15 is 0 Å². The molecule has 6 nitrogen and oxygen atoms in total. The van der Waals surface area contributed by atoms with Crippen LogP contribution in [0.5, 0.6) is 0 Å². The minimum Gasteiger partial charge on any atom is -0.442 e. The van der Waals surface area contributed by atoms with Gasteiger partial charge in [0.25, 0.3) is 11.9 Å². The molecule has 0 N–H and O–H groups in total. The van der Waals surface area contributed by atoms with Crippen LogP contribution in [0.15, 0.2) is 0 Å². The van der Waals surface area contributed by atoms with E-state index in [0.717, 1.165) is 0 Å². The van der Waals surface area contributed by atoms with Crippen molar-refractivity contribution in [2.45, 2.75) is 79.4 Å². The Balaban J connectivity index is 5.56. The van der Waals surface area contributed by atoms with Gasteiger partial charge in [0.15, 0.2) is 0 Å². The predicted molar refractivity (Wildman–Crippen MR) is 80.2 cm³/mol. The van der Waals surface area contributed by atoms with Crippen LogP contribution in [-0.2, 0) is 27.3 Å². The van der Waals surface area contributed by atoms with Crippen molar-refractivity contribution in [3.05, 3.63) is 0 Å². The second-order valence-corrected chi connectivity index (χ2v) is 8.40. The van der Waals surface area contributed by atoms with Crippen LogP contribution < -0.4 is 0 Å². The molecule has 0 heterocycles. The van der Waals surface area contributed by atoms with Crippen LogP contribution in [0.1, 0.15) is 68.2 Å². The van der Waals surface area contributed by atoms with Crippen molar-refractivity contribution in [3.8, 4) is 0 Å². The van der Waals surface area contributed by atoms with Crippen molar-refractivity contribution in [2.75, 3.05) is 0 Å². The Morgan fingerprint density at radius 3 is 1.24 bits per heavy atom. The first-order valence-corrected chi connectivity index (χ1v) is 8.80. The average Bonchev–Trinajstić information content (AvgIpc) is 2.23. The second-order valence-electron chi connectivity index (χ2n) is 6.58. The predicted octanol–water partition coefficient (Wildman–Crippen LogP) is 2.96. The molecular weight excluding hydrogens is 292 g/mol. The largest absolute Gasteiger partial charge is 0.825 e. The first-order valence-electron chi connectivity index (χ1n) is 7.16. The number of carbonyl (C=O) groups is 2. The van der Waals surface area contributed by atoms with Gasteiger partial charge in [0.1, 0.15) is 0 Å². The minimum absolute atomic E-state index is 0.138. The summed E-state index contributed by atoms with van der Waals surface area (Å²) < 4.78 is 22.2. The van der Waals surface area contributed by atoms with E-state index in [9.17, 15) is 9.59 Å². The van der Waals surface area contributed by atoms with Gasteiger partial charge >= 0.3 is 9.05 Å². The number of rotatable bonds is 6. The third-order valence-electron chi connectivity index (χ3n) is 1.92. The molecule has 124 valence electrons. The van der Waals surface area contributed by atoms with Gasteiger partial charge in [0.05, 0.1) is 11.2 Å². The molecule has 0 saturated carbocycles. The molecular formula is C14H28O6Si. The van der Waals surface area contributed by atoms with E-state index in [1.807, 2.05) is 0 Å². The van der Waals surface area contributed by atoms with Crippen LogP contribution in [-0.4, -0.2) is 32.2 Å². The number of hydrogen-bond donors (Lipinski definition) is 0. The molecule has 0 fully saturated rings. The maximum absolute atomic E-state index is 11.7. The Hall–Kier alpha value is -0.923. The smallest absolute Gasteiger partial charge is 0.442 e. The molecule has 0 unspecified atom stereocenters. The maximum atomic E-state index is 11.7. The van der Waals surface area contributed by atoms with Crippen LogP contribution in [0.2, 0.25) is 0 Å². The zero-order valence-electron chi connectivity index (χ0n) is 14.4. The van der Waals surface area contributed by atoms with Gasteiger partial charge in [-0.3, -0.25) is 9.59 Å². The van der Waals surface area contributed by atoms with E-state index in [1.54, 1.807) is 55.4 Å². The van der Waals surface area contributed by atoms with Gasteiger partial charge in [-0.05, 0) is 41.5 Å². The van der Waals surface area contributed by atoms with Gasteiger partial charge < -0.3 is 17.7 Å². The van der Waals surface area contributed by atoms with Crippen molar-refractivity contribution in [1.82, 2.24) is 0 Å². The topological polar surface area (TPSA) is 71.1 Å². The van der Waals surface area contributed by atoms with Gasteiger partial charge in [-0.1, -0.05) is 13.8 Å². The molecule has 0 rings (SSSR count).